The third kappa shape index (κ3) is 2.99. The number of carbonyl (C=O) groups excluding carboxylic acids is 2. The number of carbonyl (C=O) groups is 2. The second kappa shape index (κ2) is 6.38. The minimum atomic E-state index is -0.303. The smallest absolute Gasteiger partial charge is 0.293 e. The number of amides is 2. The molecule has 1 aromatic rings. The van der Waals surface area contributed by atoms with Gasteiger partial charge in [0, 0.05) is 13.1 Å². The van der Waals surface area contributed by atoms with Crippen molar-refractivity contribution in [3.63, 3.8) is 0 Å². The number of benzene rings is 1. The van der Waals surface area contributed by atoms with E-state index < -0.39 is 0 Å². The van der Waals surface area contributed by atoms with Crippen LogP contribution in [-0.2, 0) is 4.79 Å². The van der Waals surface area contributed by atoms with Gasteiger partial charge in [-0.1, -0.05) is 6.07 Å². The predicted octanol–water partition coefficient (Wildman–Crippen LogP) is 1.83. The number of thioether (sulfide) groups is 1. The first kappa shape index (κ1) is 15.7. The lowest BCUT2D eigenvalue weighted by atomic mass is 10.2. The Morgan fingerprint density at radius 1 is 1.29 bits per heavy atom. The van der Waals surface area contributed by atoms with E-state index in [9.17, 15) is 9.59 Å². The lowest BCUT2D eigenvalue weighted by Crippen LogP contribution is -2.33. The van der Waals surface area contributed by atoms with Gasteiger partial charge < -0.3 is 15.2 Å². The van der Waals surface area contributed by atoms with E-state index in [1.807, 2.05) is 6.07 Å². The van der Waals surface area contributed by atoms with E-state index in [2.05, 4.69) is 0 Å². The molecule has 21 heavy (non-hydrogen) atoms. The monoisotopic (exact) mass is 328 g/mol. The van der Waals surface area contributed by atoms with E-state index in [1.165, 1.54) is 0 Å². The summed E-state index contributed by atoms with van der Waals surface area (Å²) in [4.78, 5) is 25.3. The molecule has 0 aliphatic carbocycles. The van der Waals surface area contributed by atoms with Gasteiger partial charge in [-0.15, -0.1) is 12.4 Å². The Morgan fingerprint density at radius 3 is 2.81 bits per heavy atom. The average Bonchev–Trinajstić information content (AvgIpc) is 2.99. The van der Waals surface area contributed by atoms with Gasteiger partial charge in [0.1, 0.15) is 0 Å². The molecule has 1 fully saturated rings. The maximum absolute atomic E-state index is 12.0. The molecule has 1 saturated heterocycles. The molecule has 8 heteroatoms. The number of nitrogens with zero attached hydrogens (tertiary/aromatic N) is 1. The molecule has 2 heterocycles. The Morgan fingerprint density at radius 2 is 2.05 bits per heavy atom. The highest BCUT2D eigenvalue weighted by Gasteiger charge is 2.34. The molecule has 2 amide bonds. The Kier molecular flexibility index (Phi) is 4.76. The zero-order valence-electron chi connectivity index (χ0n) is 10.9. The van der Waals surface area contributed by atoms with Crippen molar-refractivity contribution in [3.05, 3.63) is 28.7 Å². The van der Waals surface area contributed by atoms with E-state index in [4.69, 9.17) is 15.2 Å². The molecule has 2 aliphatic heterocycles. The minimum Gasteiger partial charge on any atom is -0.454 e. The van der Waals surface area contributed by atoms with Crippen LogP contribution in [-0.4, -0.2) is 35.9 Å². The van der Waals surface area contributed by atoms with E-state index in [0.717, 1.165) is 22.2 Å². The molecule has 112 valence electrons. The second-order valence-corrected chi connectivity index (χ2v) is 5.23. The van der Waals surface area contributed by atoms with E-state index in [0.29, 0.717) is 16.4 Å². The highest BCUT2D eigenvalue weighted by molar-refractivity contribution is 8.18. The molecule has 0 aromatic heterocycles. The van der Waals surface area contributed by atoms with Crippen LogP contribution in [0.3, 0.4) is 0 Å². The minimum absolute atomic E-state index is 0. The summed E-state index contributed by atoms with van der Waals surface area (Å²) in [5.41, 5.74) is 6.17. The van der Waals surface area contributed by atoms with E-state index in [-0.39, 0.29) is 43.4 Å². The van der Waals surface area contributed by atoms with Crippen molar-refractivity contribution in [1.82, 2.24) is 4.90 Å². The highest BCUT2D eigenvalue weighted by Crippen LogP contribution is 2.36. The number of ether oxygens (including phenoxy) is 2. The van der Waals surface area contributed by atoms with Crippen LogP contribution in [0.25, 0.3) is 6.08 Å². The molecule has 1 aromatic carbocycles. The molecule has 0 radical (unpaired) electrons. The largest absolute Gasteiger partial charge is 0.454 e. The fraction of sp³-hybridized carbons (Fsp3) is 0.231. The fourth-order valence-corrected chi connectivity index (χ4v) is 2.84. The average molecular weight is 329 g/mol. The van der Waals surface area contributed by atoms with Crippen LogP contribution in [0.4, 0.5) is 4.79 Å². The SMILES string of the molecule is Cl.NCCN1C(=O)S/C(=C/c2ccc3c(c2)OCO3)C1=O. The normalized spacial score (nSPS) is 18.3. The molecule has 0 bridgehead atoms. The van der Waals surface area contributed by atoms with Crippen LogP contribution in [0.15, 0.2) is 23.1 Å². The molecular weight excluding hydrogens is 316 g/mol. The van der Waals surface area contributed by atoms with Gasteiger partial charge in [0.2, 0.25) is 6.79 Å². The number of hydrogen-bond acceptors (Lipinski definition) is 6. The number of fused-ring (bicyclic) bond motifs is 1. The zero-order chi connectivity index (χ0) is 14.1. The van der Waals surface area contributed by atoms with Gasteiger partial charge in [0.05, 0.1) is 4.91 Å². The van der Waals surface area contributed by atoms with E-state index in [1.54, 1.807) is 18.2 Å². The van der Waals surface area contributed by atoms with Crippen molar-refractivity contribution < 1.29 is 19.1 Å². The first-order valence-electron chi connectivity index (χ1n) is 6.04. The van der Waals surface area contributed by atoms with Crippen LogP contribution in [0.1, 0.15) is 5.56 Å². The van der Waals surface area contributed by atoms with Crippen molar-refractivity contribution >= 4 is 41.4 Å². The predicted molar refractivity (Wildman–Crippen MR) is 81.5 cm³/mol. The summed E-state index contributed by atoms with van der Waals surface area (Å²) in [5, 5.41) is -0.285. The summed E-state index contributed by atoms with van der Waals surface area (Å²) < 4.78 is 10.5. The highest BCUT2D eigenvalue weighted by atomic mass is 35.5. The van der Waals surface area contributed by atoms with Crippen LogP contribution < -0.4 is 15.2 Å². The van der Waals surface area contributed by atoms with Crippen molar-refractivity contribution in [3.8, 4) is 11.5 Å². The van der Waals surface area contributed by atoms with Crippen LogP contribution in [0.2, 0.25) is 0 Å². The third-order valence-corrected chi connectivity index (χ3v) is 3.83. The summed E-state index contributed by atoms with van der Waals surface area (Å²) in [5.74, 6) is 1.02. The molecule has 0 unspecified atom stereocenters. The Balaban J connectivity index is 0.00000161. The summed E-state index contributed by atoms with van der Waals surface area (Å²) in [6.07, 6.45) is 1.67. The van der Waals surface area contributed by atoms with Gasteiger partial charge in [-0.25, -0.2) is 0 Å². The number of halogens is 1. The standard InChI is InChI=1S/C13H12N2O4S.ClH/c14-3-4-15-12(16)11(20-13(15)17)6-8-1-2-9-10(5-8)19-7-18-9;/h1-2,5-6H,3-4,7,14H2;1H/b11-6+;. The fourth-order valence-electron chi connectivity index (χ4n) is 1.98. The first-order chi connectivity index (χ1) is 9.69. The summed E-state index contributed by atoms with van der Waals surface area (Å²) in [6.45, 7) is 0.699. The van der Waals surface area contributed by atoms with Gasteiger partial charge in [-0.3, -0.25) is 14.5 Å². The van der Waals surface area contributed by atoms with Gasteiger partial charge in [-0.2, -0.15) is 0 Å². The number of hydrogen-bond donors (Lipinski definition) is 1. The van der Waals surface area contributed by atoms with Crippen molar-refractivity contribution in [2.75, 3.05) is 19.9 Å². The molecular formula is C13H13ClN2O4S. The third-order valence-electron chi connectivity index (χ3n) is 2.92. The molecule has 0 spiro atoms. The topological polar surface area (TPSA) is 81.9 Å². The van der Waals surface area contributed by atoms with Crippen LogP contribution in [0, 0.1) is 0 Å². The van der Waals surface area contributed by atoms with Crippen molar-refractivity contribution in [1.29, 1.82) is 0 Å². The summed E-state index contributed by atoms with van der Waals surface area (Å²) >= 11 is 0.921. The lowest BCUT2D eigenvalue weighted by molar-refractivity contribution is -0.122. The van der Waals surface area contributed by atoms with Crippen molar-refractivity contribution in [2.45, 2.75) is 0 Å². The van der Waals surface area contributed by atoms with Gasteiger partial charge in [-0.05, 0) is 35.5 Å². The van der Waals surface area contributed by atoms with Crippen LogP contribution in [0.5, 0.6) is 11.5 Å². The van der Waals surface area contributed by atoms with Gasteiger partial charge in [0.15, 0.2) is 11.5 Å². The number of rotatable bonds is 3. The molecule has 0 saturated carbocycles. The Labute approximate surface area is 131 Å². The number of nitrogens with two attached hydrogens (primary N) is 1. The summed E-state index contributed by atoms with van der Waals surface area (Å²) in [7, 11) is 0. The van der Waals surface area contributed by atoms with Crippen LogP contribution >= 0.6 is 24.2 Å². The molecule has 6 nitrogen and oxygen atoms in total. The van der Waals surface area contributed by atoms with Crippen molar-refractivity contribution in [2.24, 2.45) is 5.73 Å². The van der Waals surface area contributed by atoms with Gasteiger partial charge in [0.25, 0.3) is 11.1 Å². The zero-order valence-corrected chi connectivity index (χ0v) is 12.5. The van der Waals surface area contributed by atoms with Gasteiger partial charge >= 0.3 is 0 Å². The molecule has 0 atom stereocenters. The maximum atomic E-state index is 12.0. The Bertz CT molecular complexity index is 620. The summed E-state index contributed by atoms with van der Waals surface area (Å²) in [6, 6.07) is 5.36. The maximum Gasteiger partial charge on any atom is 0.293 e. The van der Waals surface area contributed by atoms with E-state index >= 15 is 0 Å². The Hall–Kier alpha value is -1.70. The quantitative estimate of drug-likeness (QED) is 0.852. The second-order valence-electron chi connectivity index (χ2n) is 4.23. The molecule has 3 rings (SSSR count). The number of imide groups is 1. The lowest BCUT2D eigenvalue weighted by Gasteiger charge is -2.09. The molecule has 2 aliphatic rings. The molecule has 2 N–H and O–H groups in total. The first-order valence-corrected chi connectivity index (χ1v) is 6.86.